The first-order valence-electron chi connectivity index (χ1n) is 7.13. The summed E-state index contributed by atoms with van der Waals surface area (Å²) in [6.45, 7) is 8.41. The molecule has 114 valence electrons. The Morgan fingerprint density at radius 1 is 1.33 bits per heavy atom. The molecule has 0 unspecified atom stereocenters. The number of rotatable bonds is 6. The summed E-state index contributed by atoms with van der Waals surface area (Å²) in [5.41, 5.74) is 2.35. The molecule has 0 radical (unpaired) electrons. The summed E-state index contributed by atoms with van der Waals surface area (Å²) in [5.74, 6) is 0.677. The number of benzene rings is 1. The summed E-state index contributed by atoms with van der Waals surface area (Å²) in [5, 5.41) is 9.00. The molecule has 1 N–H and O–H groups in total. The van der Waals surface area contributed by atoms with Gasteiger partial charge in [0.05, 0.1) is 10.7 Å². The monoisotopic (exact) mass is 367 g/mol. The molecule has 0 aliphatic rings. The lowest BCUT2D eigenvalue weighted by molar-refractivity contribution is 0.552. The third kappa shape index (κ3) is 4.87. The van der Waals surface area contributed by atoms with Gasteiger partial charge in [-0.2, -0.15) is 5.10 Å². The minimum atomic E-state index is 0.677. The van der Waals surface area contributed by atoms with Crippen LogP contribution in [0.3, 0.4) is 0 Å². The maximum Gasteiger partial charge on any atom is 0.0987 e. The minimum absolute atomic E-state index is 0.677. The van der Waals surface area contributed by atoms with Gasteiger partial charge >= 0.3 is 0 Å². The van der Waals surface area contributed by atoms with E-state index < -0.39 is 0 Å². The van der Waals surface area contributed by atoms with Crippen molar-refractivity contribution in [2.75, 3.05) is 6.54 Å². The summed E-state index contributed by atoms with van der Waals surface area (Å²) in [6.07, 6.45) is 0. The van der Waals surface area contributed by atoms with E-state index in [2.05, 4.69) is 64.5 Å². The lowest BCUT2D eigenvalue weighted by Gasteiger charge is -2.10. The molecule has 0 saturated heterocycles. The Balaban J connectivity index is 2.03. The second-order valence-corrected chi connectivity index (χ2v) is 7.56. The Morgan fingerprint density at radius 3 is 2.67 bits per heavy atom. The lowest BCUT2D eigenvalue weighted by atomic mass is 10.2. The maximum atomic E-state index is 4.38. The average Bonchev–Trinajstić information content (AvgIpc) is 2.70. The predicted molar refractivity (Wildman–Crippen MR) is 92.8 cm³/mol. The second-order valence-electron chi connectivity index (χ2n) is 5.64. The van der Waals surface area contributed by atoms with E-state index in [0.29, 0.717) is 5.92 Å². The van der Waals surface area contributed by atoms with Crippen LogP contribution in [0.1, 0.15) is 25.1 Å². The number of hydrogen-bond donors (Lipinski definition) is 1. The first-order valence-corrected chi connectivity index (χ1v) is 8.74. The highest BCUT2D eigenvalue weighted by Gasteiger charge is 2.08. The molecule has 0 amide bonds. The highest BCUT2D eigenvalue weighted by atomic mass is 79.9. The molecular formula is C16H22BrN3S. The molecule has 0 aliphatic heterocycles. The van der Waals surface area contributed by atoms with Gasteiger partial charge < -0.3 is 5.32 Å². The Labute approximate surface area is 139 Å². The van der Waals surface area contributed by atoms with Crippen molar-refractivity contribution in [3.8, 4) is 0 Å². The van der Waals surface area contributed by atoms with E-state index in [-0.39, 0.29) is 0 Å². The molecule has 5 heteroatoms. The van der Waals surface area contributed by atoms with Gasteiger partial charge in [0.1, 0.15) is 0 Å². The van der Waals surface area contributed by atoms with E-state index in [1.807, 2.05) is 18.7 Å². The molecule has 0 spiro atoms. The van der Waals surface area contributed by atoms with Gasteiger partial charge in [-0.15, -0.1) is 0 Å². The third-order valence-electron chi connectivity index (χ3n) is 3.05. The van der Waals surface area contributed by atoms with Crippen molar-refractivity contribution in [3.05, 3.63) is 40.0 Å². The molecule has 2 rings (SSSR count). The van der Waals surface area contributed by atoms with Crippen LogP contribution in [0, 0.1) is 12.8 Å². The molecule has 21 heavy (non-hydrogen) atoms. The minimum Gasteiger partial charge on any atom is -0.312 e. The lowest BCUT2D eigenvalue weighted by Crippen LogP contribution is -2.18. The van der Waals surface area contributed by atoms with E-state index in [4.69, 9.17) is 0 Å². The highest BCUT2D eigenvalue weighted by molar-refractivity contribution is 9.10. The van der Waals surface area contributed by atoms with Crippen molar-refractivity contribution in [2.24, 2.45) is 13.0 Å². The first-order chi connectivity index (χ1) is 9.95. The molecule has 2 aromatic rings. The molecular weight excluding hydrogens is 346 g/mol. The molecule has 0 bridgehead atoms. The number of aromatic nitrogens is 2. The molecule has 1 aromatic carbocycles. The van der Waals surface area contributed by atoms with Crippen LogP contribution in [0.2, 0.25) is 0 Å². The Hall–Kier alpha value is -0.780. The number of halogens is 1. The van der Waals surface area contributed by atoms with Crippen LogP contribution < -0.4 is 5.32 Å². The Bertz CT molecular complexity index is 608. The van der Waals surface area contributed by atoms with Crippen LogP contribution in [-0.2, 0) is 13.6 Å². The van der Waals surface area contributed by atoms with Gasteiger partial charge in [-0.1, -0.05) is 31.7 Å². The van der Waals surface area contributed by atoms with Gasteiger partial charge in [-0.25, -0.2) is 0 Å². The van der Waals surface area contributed by atoms with E-state index in [1.54, 1.807) is 11.8 Å². The topological polar surface area (TPSA) is 29.9 Å². The van der Waals surface area contributed by atoms with Gasteiger partial charge in [0.25, 0.3) is 0 Å². The van der Waals surface area contributed by atoms with Crippen molar-refractivity contribution in [1.82, 2.24) is 15.1 Å². The Morgan fingerprint density at radius 2 is 2.10 bits per heavy atom. The van der Waals surface area contributed by atoms with Crippen LogP contribution in [0.25, 0.3) is 0 Å². The summed E-state index contributed by atoms with van der Waals surface area (Å²) in [7, 11) is 1.98. The quantitative estimate of drug-likeness (QED) is 0.820. The van der Waals surface area contributed by atoms with Crippen molar-refractivity contribution in [1.29, 1.82) is 0 Å². The molecule has 0 aliphatic carbocycles. The van der Waals surface area contributed by atoms with Crippen LogP contribution in [-0.4, -0.2) is 16.3 Å². The normalized spacial score (nSPS) is 11.3. The number of aryl methyl sites for hydroxylation is 2. The molecule has 0 atom stereocenters. The fraction of sp³-hybridized carbons (Fsp3) is 0.438. The highest BCUT2D eigenvalue weighted by Crippen LogP contribution is 2.34. The zero-order valence-electron chi connectivity index (χ0n) is 13.0. The van der Waals surface area contributed by atoms with Crippen molar-refractivity contribution >= 4 is 27.7 Å². The number of nitrogens with zero attached hydrogens (tertiary/aromatic N) is 2. The van der Waals surface area contributed by atoms with E-state index in [1.165, 1.54) is 10.5 Å². The SMILES string of the molecule is Cc1cc(Sc2ccc(CNCC(C)C)cc2Br)n(C)n1. The van der Waals surface area contributed by atoms with Crippen LogP contribution >= 0.6 is 27.7 Å². The molecule has 3 nitrogen and oxygen atoms in total. The zero-order valence-corrected chi connectivity index (χ0v) is 15.4. The van der Waals surface area contributed by atoms with Gasteiger partial charge in [0.2, 0.25) is 0 Å². The largest absolute Gasteiger partial charge is 0.312 e. The molecule has 0 saturated carbocycles. The summed E-state index contributed by atoms with van der Waals surface area (Å²) < 4.78 is 3.06. The van der Waals surface area contributed by atoms with Crippen LogP contribution in [0.15, 0.2) is 38.7 Å². The first kappa shape index (κ1) is 16.6. The third-order valence-corrected chi connectivity index (χ3v) is 5.14. The van der Waals surface area contributed by atoms with Gasteiger partial charge in [0, 0.05) is 23.0 Å². The summed E-state index contributed by atoms with van der Waals surface area (Å²) in [6, 6.07) is 8.65. The van der Waals surface area contributed by atoms with Crippen molar-refractivity contribution in [2.45, 2.75) is 37.2 Å². The van der Waals surface area contributed by atoms with Gasteiger partial charge in [-0.05, 0) is 59.1 Å². The molecule has 0 fully saturated rings. The average molecular weight is 368 g/mol. The summed E-state index contributed by atoms with van der Waals surface area (Å²) >= 11 is 5.41. The Kier molecular flexibility index (Phi) is 5.90. The standard InChI is InChI=1S/C16H22BrN3S/c1-11(2)9-18-10-13-5-6-15(14(17)8-13)21-16-7-12(3)19-20(16)4/h5-8,11,18H,9-10H2,1-4H3. The summed E-state index contributed by atoms with van der Waals surface area (Å²) in [4.78, 5) is 1.21. The van der Waals surface area contributed by atoms with Crippen molar-refractivity contribution < 1.29 is 0 Å². The van der Waals surface area contributed by atoms with Crippen LogP contribution in [0.5, 0.6) is 0 Å². The van der Waals surface area contributed by atoms with E-state index in [0.717, 1.165) is 28.3 Å². The smallest absolute Gasteiger partial charge is 0.0987 e. The van der Waals surface area contributed by atoms with Crippen LogP contribution in [0.4, 0.5) is 0 Å². The number of hydrogen-bond acceptors (Lipinski definition) is 3. The van der Waals surface area contributed by atoms with E-state index >= 15 is 0 Å². The maximum absolute atomic E-state index is 4.38. The second kappa shape index (κ2) is 7.47. The van der Waals surface area contributed by atoms with Crippen molar-refractivity contribution in [3.63, 3.8) is 0 Å². The predicted octanol–water partition coefficient (Wildman–Crippen LogP) is 4.39. The fourth-order valence-electron chi connectivity index (χ4n) is 2.04. The van der Waals surface area contributed by atoms with Gasteiger partial charge in [0.15, 0.2) is 0 Å². The molecule has 1 heterocycles. The zero-order chi connectivity index (χ0) is 15.4. The van der Waals surface area contributed by atoms with Gasteiger partial charge in [-0.3, -0.25) is 4.68 Å². The molecule has 1 aromatic heterocycles. The van der Waals surface area contributed by atoms with E-state index in [9.17, 15) is 0 Å². The fourth-order valence-corrected chi connectivity index (χ4v) is 3.63. The number of nitrogens with one attached hydrogen (secondary N) is 1.